The smallest absolute Gasteiger partial charge is 0.347 e. The maximum absolute atomic E-state index is 12.6. The number of carbonyl (C=O) groups excluding carboxylic acids is 1. The zero-order valence-corrected chi connectivity index (χ0v) is 18.8. The van der Waals surface area contributed by atoms with Gasteiger partial charge in [-0.3, -0.25) is 0 Å². The zero-order chi connectivity index (χ0) is 22.7. The molecule has 0 saturated carbocycles. The molecule has 0 spiro atoms. The number of oxime groups is 1. The van der Waals surface area contributed by atoms with E-state index >= 15 is 0 Å². The molecule has 0 fully saturated rings. The fourth-order valence-corrected chi connectivity index (χ4v) is 3.89. The van der Waals surface area contributed by atoms with Gasteiger partial charge in [-0.2, -0.15) is 0 Å². The third kappa shape index (κ3) is 4.52. The first-order valence-electron chi connectivity index (χ1n) is 9.71. The zero-order valence-electron chi connectivity index (χ0n) is 17.3. The maximum Gasteiger partial charge on any atom is 0.347 e. The van der Waals surface area contributed by atoms with E-state index in [1.165, 1.54) is 14.2 Å². The molecule has 0 aromatic heterocycles. The molecule has 0 N–H and O–H groups in total. The van der Waals surface area contributed by atoms with Gasteiger partial charge in [0.25, 0.3) is 0 Å². The largest absolute Gasteiger partial charge is 0.496 e. The summed E-state index contributed by atoms with van der Waals surface area (Å²) in [6, 6.07) is 17.3. The van der Waals surface area contributed by atoms with Crippen LogP contribution in [0.3, 0.4) is 0 Å². The summed E-state index contributed by atoms with van der Waals surface area (Å²) in [4.78, 5) is 18.3. The molecule has 3 aromatic rings. The van der Waals surface area contributed by atoms with Crippen LogP contribution in [-0.2, 0) is 4.84 Å². The molecule has 1 aliphatic rings. The minimum Gasteiger partial charge on any atom is -0.496 e. The van der Waals surface area contributed by atoms with Crippen molar-refractivity contribution in [3.63, 3.8) is 0 Å². The van der Waals surface area contributed by atoms with Gasteiger partial charge in [0.2, 0.25) is 0 Å². The highest BCUT2D eigenvalue weighted by Gasteiger charge is 2.27. The lowest BCUT2D eigenvalue weighted by molar-refractivity contribution is 0.0725. The van der Waals surface area contributed by atoms with Gasteiger partial charge >= 0.3 is 5.97 Å². The lowest BCUT2D eigenvalue weighted by Gasteiger charge is -2.14. The van der Waals surface area contributed by atoms with Crippen molar-refractivity contribution in [2.24, 2.45) is 5.16 Å². The van der Waals surface area contributed by atoms with E-state index in [0.717, 1.165) is 16.8 Å². The summed E-state index contributed by atoms with van der Waals surface area (Å²) in [5.41, 5.74) is 2.64. The average molecular weight is 472 g/mol. The summed E-state index contributed by atoms with van der Waals surface area (Å²) in [5, 5.41) is 5.25. The van der Waals surface area contributed by atoms with Crippen LogP contribution in [0.5, 0.6) is 17.2 Å². The van der Waals surface area contributed by atoms with Crippen LogP contribution in [-0.4, -0.2) is 25.9 Å². The van der Waals surface area contributed by atoms with E-state index in [1.54, 1.807) is 54.6 Å². The van der Waals surface area contributed by atoms with E-state index in [1.807, 2.05) is 6.07 Å². The number of hydrogen-bond acceptors (Lipinski definition) is 6. The number of methoxy groups -OCH3 is 2. The van der Waals surface area contributed by atoms with Crippen molar-refractivity contribution in [3.8, 4) is 17.2 Å². The Balaban J connectivity index is 1.51. The van der Waals surface area contributed by atoms with Gasteiger partial charge in [-0.1, -0.05) is 52.6 Å². The Morgan fingerprint density at radius 2 is 1.75 bits per heavy atom. The number of nitrogens with zero attached hydrogens (tertiary/aromatic N) is 1. The van der Waals surface area contributed by atoms with Crippen LogP contribution in [0.1, 0.15) is 34.0 Å². The number of carbonyl (C=O) groups is 1. The maximum atomic E-state index is 12.6. The van der Waals surface area contributed by atoms with Crippen LogP contribution in [0.2, 0.25) is 10.0 Å². The second kappa shape index (κ2) is 9.51. The Bertz CT molecular complexity index is 1190. The Hall–Kier alpha value is -3.22. The van der Waals surface area contributed by atoms with Crippen LogP contribution >= 0.6 is 23.2 Å². The molecule has 164 valence electrons. The molecule has 0 saturated heterocycles. The number of esters is 1. The fraction of sp³-hybridized carbons (Fsp3) is 0.167. The Morgan fingerprint density at radius 1 is 0.969 bits per heavy atom. The van der Waals surface area contributed by atoms with Gasteiger partial charge in [0.05, 0.1) is 25.0 Å². The topological polar surface area (TPSA) is 66.3 Å². The normalized spacial score (nSPS) is 15.0. The molecule has 0 aliphatic carbocycles. The number of ether oxygens (including phenoxy) is 3. The summed E-state index contributed by atoms with van der Waals surface area (Å²) in [5.74, 6) is 0.561. The second-order valence-corrected chi connectivity index (χ2v) is 7.80. The van der Waals surface area contributed by atoms with Gasteiger partial charge in [-0.15, -0.1) is 0 Å². The molecule has 0 bridgehead atoms. The molecule has 1 atom stereocenters. The second-order valence-electron chi connectivity index (χ2n) is 6.96. The standard InChI is InChI=1S/C24H19Cl2NO5/c1-29-20-6-4-3-5-17(20)24(28)31-21-10-7-14(11-23(21)30-2)22-13-19(27-32-22)16-9-8-15(25)12-18(16)26/h3-12,22H,13H2,1-2H3. The molecule has 4 rings (SSSR count). The van der Waals surface area contributed by atoms with Crippen molar-refractivity contribution < 1.29 is 23.8 Å². The minimum atomic E-state index is -0.548. The first-order chi connectivity index (χ1) is 15.5. The average Bonchev–Trinajstić information content (AvgIpc) is 3.29. The molecule has 0 radical (unpaired) electrons. The lowest BCUT2D eigenvalue weighted by Crippen LogP contribution is -2.11. The van der Waals surface area contributed by atoms with E-state index in [4.69, 9.17) is 42.3 Å². The summed E-state index contributed by atoms with van der Waals surface area (Å²) in [6.45, 7) is 0. The Morgan fingerprint density at radius 3 is 2.50 bits per heavy atom. The first kappa shape index (κ1) is 22.0. The van der Waals surface area contributed by atoms with Gasteiger partial charge in [-0.05, 0) is 42.0 Å². The van der Waals surface area contributed by atoms with Crippen molar-refractivity contribution in [1.82, 2.24) is 0 Å². The number of benzene rings is 3. The van der Waals surface area contributed by atoms with Crippen LogP contribution in [0, 0.1) is 0 Å². The lowest BCUT2D eigenvalue weighted by atomic mass is 10.00. The molecule has 6 nitrogen and oxygen atoms in total. The van der Waals surface area contributed by atoms with Crippen LogP contribution in [0.15, 0.2) is 65.8 Å². The number of hydrogen-bond donors (Lipinski definition) is 0. The van der Waals surface area contributed by atoms with E-state index in [-0.39, 0.29) is 11.9 Å². The Labute approximate surface area is 195 Å². The van der Waals surface area contributed by atoms with E-state index in [2.05, 4.69) is 5.16 Å². The van der Waals surface area contributed by atoms with Gasteiger partial charge in [0, 0.05) is 17.0 Å². The molecular weight excluding hydrogens is 453 g/mol. The summed E-state index contributed by atoms with van der Waals surface area (Å²) in [6.07, 6.45) is 0.190. The Kier molecular flexibility index (Phi) is 6.53. The molecule has 1 heterocycles. The van der Waals surface area contributed by atoms with Crippen LogP contribution < -0.4 is 14.2 Å². The molecule has 3 aromatic carbocycles. The predicted octanol–water partition coefficient (Wildman–Crippen LogP) is 6.10. The highest BCUT2D eigenvalue weighted by molar-refractivity contribution is 6.37. The number of rotatable bonds is 6. The molecule has 32 heavy (non-hydrogen) atoms. The third-order valence-electron chi connectivity index (χ3n) is 5.00. The predicted molar refractivity (Wildman–Crippen MR) is 122 cm³/mol. The highest BCUT2D eigenvalue weighted by Crippen LogP contribution is 2.37. The van der Waals surface area contributed by atoms with E-state index in [0.29, 0.717) is 33.5 Å². The summed E-state index contributed by atoms with van der Waals surface area (Å²) < 4.78 is 16.2. The number of para-hydroxylation sites is 1. The van der Waals surface area contributed by atoms with Gasteiger partial charge in [0.1, 0.15) is 11.3 Å². The SMILES string of the molecule is COc1cc(C2CC(c3ccc(Cl)cc3Cl)=NO2)ccc1OC(=O)c1ccccc1OC. The summed E-state index contributed by atoms with van der Waals surface area (Å²) in [7, 11) is 3.00. The van der Waals surface area contributed by atoms with Gasteiger partial charge < -0.3 is 19.0 Å². The van der Waals surface area contributed by atoms with Crippen molar-refractivity contribution in [1.29, 1.82) is 0 Å². The van der Waals surface area contributed by atoms with Crippen LogP contribution in [0.25, 0.3) is 0 Å². The van der Waals surface area contributed by atoms with Crippen molar-refractivity contribution in [2.45, 2.75) is 12.5 Å². The number of halogens is 2. The minimum absolute atomic E-state index is 0.284. The monoisotopic (exact) mass is 471 g/mol. The van der Waals surface area contributed by atoms with Crippen molar-refractivity contribution >= 4 is 34.9 Å². The molecule has 8 heteroatoms. The molecular formula is C24H19Cl2NO5. The van der Waals surface area contributed by atoms with E-state index in [9.17, 15) is 4.79 Å². The molecule has 1 aliphatic heterocycles. The third-order valence-corrected chi connectivity index (χ3v) is 5.55. The summed E-state index contributed by atoms with van der Waals surface area (Å²) >= 11 is 12.3. The van der Waals surface area contributed by atoms with Gasteiger partial charge in [0.15, 0.2) is 17.6 Å². The van der Waals surface area contributed by atoms with Crippen molar-refractivity contribution in [2.75, 3.05) is 14.2 Å². The fourth-order valence-electron chi connectivity index (χ4n) is 3.38. The highest BCUT2D eigenvalue weighted by atomic mass is 35.5. The van der Waals surface area contributed by atoms with E-state index < -0.39 is 5.97 Å². The quantitative estimate of drug-likeness (QED) is 0.321. The van der Waals surface area contributed by atoms with Gasteiger partial charge in [-0.25, -0.2) is 4.79 Å². The van der Waals surface area contributed by atoms with Crippen LogP contribution in [0.4, 0.5) is 0 Å². The molecule has 1 unspecified atom stereocenters. The van der Waals surface area contributed by atoms with Crippen molar-refractivity contribution in [3.05, 3.63) is 87.4 Å². The first-order valence-corrected chi connectivity index (χ1v) is 10.5. The molecule has 0 amide bonds.